The highest BCUT2D eigenvalue weighted by molar-refractivity contribution is 6.34. The van der Waals surface area contributed by atoms with Gasteiger partial charge in [0.25, 0.3) is 0 Å². The van der Waals surface area contributed by atoms with Gasteiger partial charge in [0.05, 0.1) is 24.3 Å². The van der Waals surface area contributed by atoms with Crippen LogP contribution in [0.2, 0.25) is 0 Å². The fraction of sp³-hybridized carbons (Fsp3) is 0.333. The number of esters is 1. The van der Waals surface area contributed by atoms with Crippen molar-refractivity contribution in [3.8, 4) is 0 Å². The predicted molar refractivity (Wildman–Crippen MR) is 86.2 cm³/mol. The maximum atomic E-state index is 12.5. The molecule has 2 aromatic rings. The zero-order chi connectivity index (χ0) is 19.2. The van der Waals surface area contributed by atoms with Crippen LogP contribution in [-0.4, -0.2) is 28.3 Å². The summed E-state index contributed by atoms with van der Waals surface area (Å²) in [6.07, 6.45) is -2.30. The molecule has 0 atom stereocenters. The van der Waals surface area contributed by atoms with Gasteiger partial charge >= 0.3 is 12.1 Å². The molecule has 0 amide bonds. The SMILES string of the molecule is CCOC(=O)C(=O)Cc1cc(CCc2ccc(C(F)(F)F)cc2)ncn1. The van der Waals surface area contributed by atoms with E-state index in [9.17, 15) is 22.8 Å². The number of carbonyl (C=O) groups excluding carboxylic acids is 2. The van der Waals surface area contributed by atoms with Crippen LogP contribution in [0.5, 0.6) is 0 Å². The number of rotatable bonds is 7. The summed E-state index contributed by atoms with van der Waals surface area (Å²) >= 11 is 0. The van der Waals surface area contributed by atoms with Gasteiger partial charge in [0.15, 0.2) is 0 Å². The third kappa shape index (κ3) is 5.65. The summed E-state index contributed by atoms with van der Waals surface area (Å²) in [5, 5.41) is 0. The summed E-state index contributed by atoms with van der Waals surface area (Å²) in [5.41, 5.74) is 1.07. The van der Waals surface area contributed by atoms with Gasteiger partial charge in [0.1, 0.15) is 6.33 Å². The fourth-order valence-corrected chi connectivity index (χ4v) is 2.26. The molecule has 1 aromatic carbocycles. The summed E-state index contributed by atoms with van der Waals surface area (Å²) in [6, 6.07) is 6.53. The van der Waals surface area contributed by atoms with Crippen LogP contribution in [0, 0.1) is 0 Å². The predicted octanol–water partition coefficient (Wildman–Crippen LogP) is 2.96. The number of benzene rings is 1. The summed E-state index contributed by atoms with van der Waals surface area (Å²) in [5.74, 6) is -1.60. The Bertz CT molecular complexity index is 774. The molecule has 0 saturated heterocycles. The number of alkyl halides is 3. The standard InChI is InChI=1S/C18H17F3N2O3/c1-2-26-17(25)16(24)10-15-9-14(22-11-23-15)8-5-12-3-6-13(7-4-12)18(19,20)21/h3-4,6-7,9,11H,2,5,8,10H2,1H3. The second-order valence-corrected chi connectivity index (χ2v) is 5.52. The second kappa shape index (κ2) is 8.55. The van der Waals surface area contributed by atoms with Crippen molar-refractivity contribution in [1.82, 2.24) is 9.97 Å². The van der Waals surface area contributed by atoms with Gasteiger partial charge in [0, 0.05) is 5.69 Å². The molecule has 0 unspecified atom stereocenters. The molecule has 1 heterocycles. The van der Waals surface area contributed by atoms with Crippen molar-refractivity contribution in [3.63, 3.8) is 0 Å². The van der Waals surface area contributed by atoms with Crippen LogP contribution in [0.15, 0.2) is 36.7 Å². The Hall–Kier alpha value is -2.77. The topological polar surface area (TPSA) is 69.2 Å². The molecule has 26 heavy (non-hydrogen) atoms. The number of aromatic nitrogens is 2. The van der Waals surface area contributed by atoms with Crippen molar-refractivity contribution >= 4 is 11.8 Å². The first kappa shape index (κ1) is 19.6. The Morgan fingerprint density at radius 3 is 2.31 bits per heavy atom. The molecule has 0 radical (unpaired) electrons. The van der Waals surface area contributed by atoms with Crippen molar-refractivity contribution < 1.29 is 27.5 Å². The first-order valence-corrected chi connectivity index (χ1v) is 7.95. The average Bonchev–Trinajstić information content (AvgIpc) is 2.60. The van der Waals surface area contributed by atoms with Crippen LogP contribution in [0.1, 0.15) is 29.4 Å². The molecule has 0 spiro atoms. The summed E-state index contributed by atoms with van der Waals surface area (Å²) in [7, 11) is 0. The van der Waals surface area contributed by atoms with Crippen LogP contribution in [0.4, 0.5) is 13.2 Å². The molecule has 0 aliphatic rings. The number of aryl methyl sites for hydroxylation is 2. The summed E-state index contributed by atoms with van der Waals surface area (Å²) < 4.78 is 42.3. The van der Waals surface area contributed by atoms with E-state index in [1.807, 2.05) is 0 Å². The molecule has 5 nitrogen and oxygen atoms in total. The van der Waals surface area contributed by atoms with Gasteiger partial charge in [0.2, 0.25) is 5.78 Å². The number of hydrogen-bond donors (Lipinski definition) is 0. The first-order valence-electron chi connectivity index (χ1n) is 7.95. The number of halogens is 3. The van der Waals surface area contributed by atoms with Gasteiger partial charge < -0.3 is 4.74 Å². The van der Waals surface area contributed by atoms with E-state index in [-0.39, 0.29) is 13.0 Å². The zero-order valence-electron chi connectivity index (χ0n) is 14.0. The van der Waals surface area contributed by atoms with E-state index in [1.165, 1.54) is 18.5 Å². The normalized spacial score (nSPS) is 11.2. The van der Waals surface area contributed by atoms with E-state index in [0.29, 0.717) is 24.2 Å². The highest BCUT2D eigenvalue weighted by Gasteiger charge is 2.29. The molecule has 8 heteroatoms. The number of ether oxygens (including phenoxy) is 1. The van der Waals surface area contributed by atoms with Gasteiger partial charge in [-0.05, 0) is 43.5 Å². The maximum Gasteiger partial charge on any atom is 0.416 e. The van der Waals surface area contributed by atoms with Crippen molar-refractivity contribution in [1.29, 1.82) is 0 Å². The minimum absolute atomic E-state index is 0.118. The fourth-order valence-electron chi connectivity index (χ4n) is 2.26. The second-order valence-electron chi connectivity index (χ2n) is 5.52. The molecule has 1 aromatic heterocycles. The lowest BCUT2D eigenvalue weighted by molar-refractivity contribution is -0.153. The Kier molecular flexibility index (Phi) is 6.43. The Morgan fingerprint density at radius 2 is 1.69 bits per heavy atom. The molecular weight excluding hydrogens is 349 g/mol. The van der Waals surface area contributed by atoms with Crippen LogP contribution >= 0.6 is 0 Å². The molecule has 0 saturated carbocycles. The number of Topliss-reactive ketones (excluding diaryl/α,β-unsaturated/α-hetero) is 1. The molecule has 0 aliphatic heterocycles. The monoisotopic (exact) mass is 366 g/mol. The summed E-state index contributed by atoms with van der Waals surface area (Å²) in [4.78, 5) is 31.1. The van der Waals surface area contributed by atoms with Crippen LogP contribution < -0.4 is 0 Å². The average molecular weight is 366 g/mol. The molecule has 2 rings (SSSR count). The number of hydrogen-bond acceptors (Lipinski definition) is 5. The lowest BCUT2D eigenvalue weighted by atomic mass is 10.0. The highest BCUT2D eigenvalue weighted by atomic mass is 19.4. The van der Waals surface area contributed by atoms with E-state index in [0.717, 1.165) is 17.7 Å². The maximum absolute atomic E-state index is 12.5. The Morgan fingerprint density at radius 1 is 1.04 bits per heavy atom. The van der Waals surface area contributed by atoms with Gasteiger partial charge in [-0.2, -0.15) is 13.2 Å². The van der Waals surface area contributed by atoms with Crippen molar-refractivity contribution in [2.24, 2.45) is 0 Å². The minimum Gasteiger partial charge on any atom is -0.460 e. The van der Waals surface area contributed by atoms with Crippen molar-refractivity contribution in [2.75, 3.05) is 6.61 Å². The minimum atomic E-state index is -4.36. The molecule has 138 valence electrons. The Balaban J connectivity index is 1.96. The zero-order valence-corrected chi connectivity index (χ0v) is 14.0. The molecule has 0 bridgehead atoms. The summed E-state index contributed by atoms with van der Waals surface area (Å²) in [6.45, 7) is 1.72. The molecular formula is C18H17F3N2O3. The lowest BCUT2D eigenvalue weighted by Gasteiger charge is -2.08. The van der Waals surface area contributed by atoms with E-state index in [4.69, 9.17) is 0 Å². The van der Waals surface area contributed by atoms with Crippen molar-refractivity contribution in [2.45, 2.75) is 32.4 Å². The highest BCUT2D eigenvalue weighted by Crippen LogP contribution is 2.29. The van der Waals surface area contributed by atoms with Gasteiger partial charge in [-0.1, -0.05) is 12.1 Å². The van der Waals surface area contributed by atoms with Gasteiger partial charge in [-0.15, -0.1) is 0 Å². The molecule has 0 fully saturated rings. The van der Waals surface area contributed by atoms with E-state index in [1.54, 1.807) is 13.0 Å². The van der Waals surface area contributed by atoms with Crippen LogP contribution in [-0.2, 0) is 39.8 Å². The number of carbonyl (C=O) groups is 2. The van der Waals surface area contributed by atoms with Gasteiger partial charge in [-0.3, -0.25) is 4.79 Å². The molecule has 0 N–H and O–H groups in total. The molecule has 0 aliphatic carbocycles. The van der Waals surface area contributed by atoms with Gasteiger partial charge in [-0.25, -0.2) is 14.8 Å². The van der Waals surface area contributed by atoms with Crippen molar-refractivity contribution in [3.05, 3.63) is 59.2 Å². The van der Waals surface area contributed by atoms with Crippen LogP contribution in [0.3, 0.4) is 0 Å². The van der Waals surface area contributed by atoms with Crippen LogP contribution in [0.25, 0.3) is 0 Å². The quantitative estimate of drug-likeness (QED) is 0.557. The number of ketones is 1. The Labute approximate surface area is 148 Å². The van der Waals surface area contributed by atoms with E-state index < -0.39 is 23.5 Å². The third-order valence-electron chi connectivity index (χ3n) is 3.58. The third-order valence-corrected chi connectivity index (χ3v) is 3.58. The van der Waals surface area contributed by atoms with E-state index >= 15 is 0 Å². The van der Waals surface area contributed by atoms with E-state index in [2.05, 4.69) is 14.7 Å². The first-order chi connectivity index (χ1) is 12.3. The number of nitrogens with zero attached hydrogens (tertiary/aromatic N) is 2. The smallest absolute Gasteiger partial charge is 0.416 e. The largest absolute Gasteiger partial charge is 0.460 e. The lowest BCUT2D eigenvalue weighted by Crippen LogP contribution is -2.20.